The molecular formula is C14H10N2O3S. The maximum absolute atomic E-state index is 12.2. The van der Waals surface area contributed by atoms with Gasteiger partial charge < -0.3 is 4.74 Å². The fourth-order valence-electron chi connectivity index (χ4n) is 1.93. The standard InChI is InChI=1S/C14H10N2O3S/c1-19-14(18)10-7-11(17)16-12(20-10)8-15-13(16)9-5-3-2-4-6-9/h2-8H,1H3. The first-order valence-corrected chi connectivity index (χ1v) is 6.67. The molecule has 0 unspecified atom stereocenters. The lowest BCUT2D eigenvalue weighted by Gasteiger charge is -2.01. The summed E-state index contributed by atoms with van der Waals surface area (Å²) in [4.78, 5) is 28.9. The van der Waals surface area contributed by atoms with Crippen molar-refractivity contribution in [3.8, 4) is 11.4 Å². The van der Waals surface area contributed by atoms with Gasteiger partial charge in [0.2, 0.25) is 0 Å². The average molecular weight is 286 g/mol. The molecule has 0 atom stereocenters. The Labute approximate surface area is 118 Å². The van der Waals surface area contributed by atoms with Crippen molar-refractivity contribution in [2.45, 2.75) is 0 Å². The number of methoxy groups -OCH3 is 1. The van der Waals surface area contributed by atoms with Gasteiger partial charge in [-0.05, 0) is 0 Å². The van der Waals surface area contributed by atoms with Crippen molar-refractivity contribution in [2.75, 3.05) is 7.11 Å². The van der Waals surface area contributed by atoms with Crippen LogP contribution in [0.15, 0.2) is 47.4 Å². The predicted octanol–water partition coefficient (Wildman–Crippen LogP) is 2.21. The van der Waals surface area contributed by atoms with Crippen LogP contribution in [0.4, 0.5) is 0 Å². The van der Waals surface area contributed by atoms with E-state index in [1.807, 2.05) is 30.3 Å². The molecule has 0 fully saturated rings. The zero-order valence-corrected chi connectivity index (χ0v) is 11.4. The van der Waals surface area contributed by atoms with Gasteiger partial charge >= 0.3 is 5.97 Å². The Morgan fingerprint density at radius 1 is 1.30 bits per heavy atom. The number of nitrogens with zero attached hydrogens (tertiary/aromatic N) is 2. The summed E-state index contributed by atoms with van der Waals surface area (Å²) >= 11 is 1.18. The maximum atomic E-state index is 12.2. The quantitative estimate of drug-likeness (QED) is 0.678. The van der Waals surface area contributed by atoms with E-state index in [2.05, 4.69) is 9.72 Å². The first kappa shape index (κ1) is 12.6. The Morgan fingerprint density at radius 3 is 2.75 bits per heavy atom. The normalized spacial score (nSPS) is 10.7. The Bertz CT molecular complexity index is 836. The second-order valence-electron chi connectivity index (χ2n) is 4.06. The zero-order chi connectivity index (χ0) is 14.1. The Kier molecular flexibility index (Phi) is 3.08. The lowest BCUT2D eigenvalue weighted by Crippen LogP contribution is -2.14. The minimum Gasteiger partial charge on any atom is -0.465 e. The van der Waals surface area contributed by atoms with Gasteiger partial charge in [0.1, 0.15) is 15.5 Å². The minimum atomic E-state index is -0.517. The summed E-state index contributed by atoms with van der Waals surface area (Å²) in [6.07, 6.45) is 1.58. The van der Waals surface area contributed by atoms with Gasteiger partial charge in [0.25, 0.3) is 5.56 Å². The monoisotopic (exact) mass is 286 g/mol. The molecule has 5 nitrogen and oxygen atoms in total. The van der Waals surface area contributed by atoms with Crippen molar-refractivity contribution in [1.29, 1.82) is 0 Å². The molecule has 2 heterocycles. The van der Waals surface area contributed by atoms with Crippen molar-refractivity contribution >= 4 is 22.1 Å². The third kappa shape index (κ3) is 2.00. The number of carbonyl (C=O) groups is 1. The molecule has 0 N–H and O–H groups in total. The molecule has 3 rings (SSSR count). The molecule has 0 aliphatic rings. The van der Waals surface area contributed by atoms with Crippen LogP contribution in [0, 0.1) is 0 Å². The van der Waals surface area contributed by atoms with Gasteiger partial charge in [0, 0.05) is 11.6 Å². The largest absolute Gasteiger partial charge is 0.465 e. The molecule has 0 radical (unpaired) electrons. The average Bonchev–Trinajstić information content (AvgIpc) is 2.91. The highest BCUT2D eigenvalue weighted by molar-refractivity contribution is 7.18. The highest BCUT2D eigenvalue weighted by Gasteiger charge is 2.14. The van der Waals surface area contributed by atoms with E-state index in [-0.39, 0.29) is 10.4 Å². The van der Waals surface area contributed by atoms with Gasteiger partial charge in [0.05, 0.1) is 13.3 Å². The number of carbonyl (C=O) groups excluding carboxylic acids is 1. The van der Waals surface area contributed by atoms with Crippen LogP contribution < -0.4 is 5.56 Å². The first-order chi connectivity index (χ1) is 9.70. The number of hydrogen-bond acceptors (Lipinski definition) is 5. The van der Waals surface area contributed by atoms with E-state index >= 15 is 0 Å². The lowest BCUT2D eigenvalue weighted by atomic mass is 10.2. The van der Waals surface area contributed by atoms with Gasteiger partial charge in [0.15, 0.2) is 0 Å². The van der Waals surface area contributed by atoms with Crippen LogP contribution in [-0.4, -0.2) is 22.5 Å². The topological polar surface area (TPSA) is 60.7 Å². The van der Waals surface area contributed by atoms with Crippen molar-refractivity contribution < 1.29 is 9.53 Å². The second kappa shape index (κ2) is 4.90. The van der Waals surface area contributed by atoms with Gasteiger partial charge in [-0.1, -0.05) is 30.3 Å². The van der Waals surface area contributed by atoms with E-state index in [0.717, 1.165) is 5.56 Å². The second-order valence-corrected chi connectivity index (χ2v) is 5.12. The molecule has 0 saturated heterocycles. The van der Waals surface area contributed by atoms with Gasteiger partial charge in [-0.2, -0.15) is 0 Å². The number of imidazole rings is 1. The molecule has 3 aromatic rings. The van der Waals surface area contributed by atoms with Crippen molar-refractivity contribution in [2.24, 2.45) is 0 Å². The number of esters is 1. The van der Waals surface area contributed by atoms with Crippen LogP contribution in [0.2, 0.25) is 0 Å². The minimum absolute atomic E-state index is 0.268. The Morgan fingerprint density at radius 2 is 2.05 bits per heavy atom. The molecule has 0 aliphatic heterocycles. The summed E-state index contributed by atoms with van der Waals surface area (Å²) in [5.74, 6) is 0.0512. The summed E-state index contributed by atoms with van der Waals surface area (Å²) in [6.45, 7) is 0. The van der Waals surface area contributed by atoms with E-state index in [0.29, 0.717) is 10.7 Å². The molecule has 1 aromatic carbocycles. The highest BCUT2D eigenvalue weighted by Crippen LogP contribution is 2.21. The SMILES string of the molecule is COC(=O)c1cc(=O)n2c(-c3ccccc3)ncc2s1. The van der Waals surface area contributed by atoms with E-state index < -0.39 is 5.97 Å². The first-order valence-electron chi connectivity index (χ1n) is 5.86. The molecule has 0 amide bonds. The van der Waals surface area contributed by atoms with Gasteiger partial charge in [-0.15, -0.1) is 11.3 Å². The number of benzene rings is 1. The van der Waals surface area contributed by atoms with Crippen LogP contribution in [-0.2, 0) is 4.74 Å². The summed E-state index contributed by atoms with van der Waals surface area (Å²) < 4.78 is 6.13. The van der Waals surface area contributed by atoms with Crippen LogP contribution in [0.1, 0.15) is 9.67 Å². The number of ether oxygens (including phenoxy) is 1. The molecule has 0 spiro atoms. The van der Waals surface area contributed by atoms with Crippen LogP contribution >= 0.6 is 11.3 Å². The number of aromatic nitrogens is 2. The van der Waals surface area contributed by atoms with Crippen molar-refractivity contribution in [3.63, 3.8) is 0 Å². The molecule has 0 saturated carbocycles. The van der Waals surface area contributed by atoms with Crippen molar-refractivity contribution in [3.05, 3.63) is 57.8 Å². The van der Waals surface area contributed by atoms with Crippen LogP contribution in [0.25, 0.3) is 16.2 Å². The smallest absolute Gasteiger partial charge is 0.348 e. The summed E-state index contributed by atoms with van der Waals surface area (Å²) in [7, 11) is 1.29. The fraction of sp³-hybridized carbons (Fsp3) is 0.0714. The summed E-state index contributed by atoms with van der Waals surface area (Å²) in [5.41, 5.74) is 0.554. The molecule has 20 heavy (non-hydrogen) atoms. The van der Waals surface area contributed by atoms with E-state index in [1.54, 1.807) is 6.20 Å². The zero-order valence-electron chi connectivity index (χ0n) is 10.6. The van der Waals surface area contributed by atoms with E-state index in [4.69, 9.17) is 0 Å². The van der Waals surface area contributed by atoms with Gasteiger partial charge in [-0.25, -0.2) is 14.2 Å². The van der Waals surface area contributed by atoms with Crippen LogP contribution in [0.5, 0.6) is 0 Å². The Balaban J connectivity index is 2.24. The molecule has 2 aromatic heterocycles. The molecule has 6 heteroatoms. The van der Waals surface area contributed by atoms with E-state index in [9.17, 15) is 9.59 Å². The van der Waals surface area contributed by atoms with Crippen LogP contribution in [0.3, 0.4) is 0 Å². The van der Waals surface area contributed by atoms with E-state index in [1.165, 1.54) is 28.9 Å². The van der Waals surface area contributed by atoms with Crippen molar-refractivity contribution in [1.82, 2.24) is 9.38 Å². The molecular weight excluding hydrogens is 276 g/mol. The number of rotatable bonds is 2. The highest BCUT2D eigenvalue weighted by atomic mass is 32.1. The third-order valence-electron chi connectivity index (χ3n) is 2.84. The number of fused-ring (bicyclic) bond motifs is 1. The third-order valence-corrected chi connectivity index (χ3v) is 3.84. The molecule has 100 valence electrons. The fourth-order valence-corrected chi connectivity index (χ4v) is 2.86. The molecule has 0 aliphatic carbocycles. The summed E-state index contributed by atoms with van der Waals surface area (Å²) in [6, 6.07) is 10.7. The van der Waals surface area contributed by atoms with Gasteiger partial charge in [-0.3, -0.25) is 4.79 Å². The predicted molar refractivity (Wildman–Crippen MR) is 76.1 cm³/mol. The summed E-state index contributed by atoms with van der Waals surface area (Å²) in [5, 5.41) is 0. The maximum Gasteiger partial charge on any atom is 0.348 e. The lowest BCUT2D eigenvalue weighted by molar-refractivity contribution is 0.0606. The molecule has 0 bridgehead atoms. The Hall–Kier alpha value is -2.47. The number of hydrogen-bond donors (Lipinski definition) is 0.